The zero-order chi connectivity index (χ0) is 25.1. The molecule has 0 saturated heterocycles. The van der Waals surface area contributed by atoms with Crippen LogP contribution in [0, 0.1) is 18.8 Å². The minimum atomic E-state index is -3.90. The Bertz CT molecular complexity index is 1210. The van der Waals surface area contributed by atoms with Gasteiger partial charge in [0.25, 0.3) is 0 Å². The van der Waals surface area contributed by atoms with Gasteiger partial charge in [0.15, 0.2) is 0 Å². The van der Waals surface area contributed by atoms with Gasteiger partial charge in [-0.25, -0.2) is 8.42 Å². The zero-order valence-corrected chi connectivity index (χ0v) is 20.8. The molecule has 0 aliphatic heterocycles. The minimum Gasteiger partial charge on any atom is -0.468 e. The molecule has 0 unspecified atom stereocenters. The molecule has 1 N–H and O–H groups in total. The summed E-state index contributed by atoms with van der Waals surface area (Å²) >= 11 is 0. The number of benzene rings is 3. The predicted octanol–water partition coefficient (Wildman–Crippen LogP) is 3.91. The molecule has 0 radical (unpaired) electrons. The number of nitrogens with zero attached hydrogens (tertiary/aromatic N) is 1. The lowest BCUT2D eigenvalue weighted by molar-refractivity contribution is -0.142. The average Bonchev–Trinajstić information content (AvgIpc) is 2.86. The Labute approximate surface area is 208 Å². The van der Waals surface area contributed by atoms with E-state index in [2.05, 4.69) is 45.7 Å². The van der Waals surface area contributed by atoms with Gasteiger partial charge in [-0.15, -0.1) is 0 Å². The van der Waals surface area contributed by atoms with Gasteiger partial charge in [-0.3, -0.25) is 9.69 Å². The predicted molar refractivity (Wildman–Crippen MR) is 137 cm³/mol. The van der Waals surface area contributed by atoms with Crippen LogP contribution >= 0.6 is 0 Å². The molecule has 0 saturated carbocycles. The number of esters is 1. The van der Waals surface area contributed by atoms with E-state index in [0.717, 1.165) is 5.56 Å². The summed E-state index contributed by atoms with van der Waals surface area (Å²) in [7, 11) is -2.67. The van der Waals surface area contributed by atoms with Crippen molar-refractivity contribution in [2.24, 2.45) is 0 Å². The zero-order valence-electron chi connectivity index (χ0n) is 20.0. The fourth-order valence-corrected chi connectivity index (χ4v) is 4.67. The Hall–Kier alpha value is -3.44. The van der Waals surface area contributed by atoms with Crippen LogP contribution in [0.1, 0.15) is 23.1 Å². The third kappa shape index (κ3) is 8.37. The van der Waals surface area contributed by atoms with Crippen molar-refractivity contribution in [3.63, 3.8) is 0 Å². The van der Waals surface area contributed by atoms with Gasteiger partial charge in [0.1, 0.15) is 6.04 Å². The Balaban J connectivity index is 1.69. The number of carbonyl (C=O) groups is 1. The van der Waals surface area contributed by atoms with E-state index in [1.54, 1.807) is 12.1 Å². The van der Waals surface area contributed by atoms with Crippen molar-refractivity contribution in [1.82, 2.24) is 9.62 Å². The van der Waals surface area contributed by atoms with Crippen LogP contribution in [0.2, 0.25) is 0 Å². The van der Waals surface area contributed by atoms with Crippen molar-refractivity contribution in [2.45, 2.75) is 37.4 Å². The van der Waals surface area contributed by atoms with E-state index in [1.165, 1.54) is 30.4 Å². The summed E-state index contributed by atoms with van der Waals surface area (Å²) in [5, 5.41) is 0. The van der Waals surface area contributed by atoms with Gasteiger partial charge in [0.05, 0.1) is 18.6 Å². The van der Waals surface area contributed by atoms with Crippen molar-refractivity contribution in [2.75, 3.05) is 13.7 Å². The number of nitrogens with one attached hydrogen (secondary N) is 1. The minimum absolute atomic E-state index is 0.00226. The van der Waals surface area contributed by atoms with E-state index in [0.29, 0.717) is 19.6 Å². The molecule has 3 aromatic carbocycles. The number of carbonyl (C=O) groups excluding carboxylic acids is 1. The molecule has 7 heteroatoms. The molecule has 3 aromatic rings. The first-order chi connectivity index (χ1) is 16.9. The van der Waals surface area contributed by atoms with Crippen LogP contribution in [0.15, 0.2) is 89.8 Å². The first-order valence-electron chi connectivity index (χ1n) is 11.3. The smallest absolute Gasteiger partial charge is 0.324 e. The van der Waals surface area contributed by atoms with Gasteiger partial charge in [-0.05, 0) is 30.2 Å². The fraction of sp³-hybridized carbons (Fsp3) is 0.250. The molecule has 0 bridgehead atoms. The quantitative estimate of drug-likeness (QED) is 0.345. The molecule has 0 heterocycles. The lowest BCUT2D eigenvalue weighted by atomic mass is 10.1. The highest BCUT2D eigenvalue weighted by atomic mass is 32.2. The fourth-order valence-electron chi connectivity index (χ4n) is 3.48. The summed E-state index contributed by atoms with van der Waals surface area (Å²) in [6.45, 7) is 3.76. The van der Waals surface area contributed by atoms with Crippen LogP contribution in [0.4, 0.5) is 0 Å². The largest absolute Gasteiger partial charge is 0.468 e. The first kappa shape index (κ1) is 26.2. The Morgan fingerprint density at radius 2 is 1.43 bits per heavy atom. The van der Waals surface area contributed by atoms with Crippen LogP contribution in [-0.4, -0.2) is 39.0 Å². The maximum absolute atomic E-state index is 12.7. The molecule has 0 fully saturated rings. The lowest BCUT2D eigenvalue weighted by Gasteiger charge is -2.20. The van der Waals surface area contributed by atoms with E-state index in [1.807, 2.05) is 43.3 Å². The maximum atomic E-state index is 12.7. The number of methoxy groups -OCH3 is 1. The van der Waals surface area contributed by atoms with E-state index >= 15 is 0 Å². The molecule has 0 amide bonds. The lowest BCUT2D eigenvalue weighted by Crippen LogP contribution is -2.41. The maximum Gasteiger partial charge on any atom is 0.324 e. The number of hydrogen-bond acceptors (Lipinski definition) is 5. The summed E-state index contributed by atoms with van der Waals surface area (Å²) in [5.74, 6) is 5.39. The van der Waals surface area contributed by atoms with Crippen molar-refractivity contribution >= 4 is 16.0 Å². The first-order valence-corrected chi connectivity index (χ1v) is 12.8. The molecule has 0 aromatic heterocycles. The normalized spacial score (nSPS) is 12.0. The van der Waals surface area contributed by atoms with Gasteiger partial charge >= 0.3 is 5.97 Å². The van der Waals surface area contributed by atoms with Crippen LogP contribution in [0.25, 0.3) is 0 Å². The molecular weight excluding hydrogens is 460 g/mol. The second-order valence-corrected chi connectivity index (χ2v) is 9.90. The van der Waals surface area contributed by atoms with Crippen molar-refractivity contribution in [1.29, 1.82) is 0 Å². The molecular formula is C28H30N2O4S. The van der Waals surface area contributed by atoms with Gasteiger partial charge in [-0.1, -0.05) is 90.2 Å². The van der Waals surface area contributed by atoms with E-state index in [9.17, 15) is 13.2 Å². The van der Waals surface area contributed by atoms with Crippen LogP contribution in [0.5, 0.6) is 0 Å². The van der Waals surface area contributed by atoms with Crippen molar-refractivity contribution in [3.8, 4) is 11.8 Å². The van der Waals surface area contributed by atoms with Gasteiger partial charge < -0.3 is 4.74 Å². The molecule has 0 aliphatic rings. The molecule has 35 heavy (non-hydrogen) atoms. The SMILES string of the molecule is COC(=O)[C@H](CC#CCN(Cc1ccccc1)Cc1ccccc1)NS(=O)(=O)c1ccc(C)cc1. The summed E-state index contributed by atoms with van der Waals surface area (Å²) in [5.41, 5.74) is 3.28. The molecule has 3 rings (SSSR count). The summed E-state index contributed by atoms with van der Waals surface area (Å²) in [6.07, 6.45) is 0.00226. The summed E-state index contributed by atoms with van der Waals surface area (Å²) in [6, 6.07) is 25.6. The van der Waals surface area contributed by atoms with E-state index in [4.69, 9.17) is 4.74 Å². The highest BCUT2D eigenvalue weighted by Gasteiger charge is 2.25. The van der Waals surface area contributed by atoms with Crippen LogP contribution < -0.4 is 4.72 Å². The van der Waals surface area contributed by atoms with Gasteiger partial charge in [-0.2, -0.15) is 4.72 Å². The van der Waals surface area contributed by atoms with Crippen LogP contribution in [0.3, 0.4) is 0 Å². The van der Waals surface area contributed by atoms with Crippen LogP contribution in [-0.2, 0) is 32.6 Å². The third-order valence-electron chi connectivity index (χ3n) is 5.35. The Morgan fingerprint density at radius 3 is 1.94 bits per heavy atom. The number of aryl methyl sites for hydroxylation is 1. The average molecular weight is 491 g/mol. The monoisotopic (exact) mass is 490 g/mol. The molecule has 0 spiro atoms. The van der Waals surface area contributed by atoms with Crippen molar-refractivity contribution in [3.05, 3.63) is 102 Å². The molecule has 1 atom stereocenters. The van der Waals surface area contributed by atoms with E-state index in [-0.39, 0.29) is 11.3 Å². The molecule has 6 nitrogen and oxygen atoms in total. The topological polar surface area (TPSA) is 75.7 Å². The standard InChI is InChI=1S/C28H30N2O4S/c1-23-16-18-26(19-17-23)35(32,33)29-27(28(31)34-2)15-9-10-20-30(21-24-11-5-3-6-12-24)22-25-13-7-4-8-14-25/h3-8,11-14,16-19,27,29H,15,20-22H2,1-2H3/t27-/m0/s1. The van der Waals surface area contributed by atoms with E-state index < -0.39 is 22.0 Å². The highest BCUT2D eigenvalue weighted by molar-refractivity contribution is 7.89. The third-order valence-corrected chi connectivity index (χ3v) is 6.83. The number of sulfonamides is 1. The Kier molecular flexibility index (Phi) is 9.62. The molecule has 0 aliphatic carbocycles. The second kappa shape index (κ2) is 12.9. The highest BCUT2D eigenvalue weighted by Crippen LogP contribution is 2.12. The summed E-state index contributed by atoms with van der Waals surface area (Å²) in [4.78, 5) is 14.5. The van der Waals surface area contributed by atoms with Gasteiger partial charge in [0.2, 0.25) is 10.0 Å². The Morgan fingerprint density at radius 1 is 0.886 bits per heavy atom. The number of hydrogen-bond donors (Lipinski definition) is 1. The van der Waals surface area contributed by atoms with Gasteiger partial charge in [0, 0.05) is 19.5 Å². The number of ether oxygens (including phenoxy) is 1. The number of rotatable bonds is 10. The van der Waals surface area contributed by atoms with Crippen molar-refractivity contribution < 1.29 is 17.9 Å². The molecule has 182 valence electrons. The second-order valence-electron chi connectivity index (χ2n) is 8.18. The summed E-state index contributed by atoms with van der Waals surface area (Å²) < 4.78 is 32.7.